The maximum Gasteiger partial charge on any atom is 0.405 e. The Morgan fingerprint density at radius 1 is 1.15 bits per heavy atom. The van der Waals surface area contributed by atoms with Gasteiger partial charge >= 0.3 is 6.18 Å². The standard InChI is InChI=1S/C17H23F3N4O3/c1-12(16(26)21-11-17(18,19)20)22-13-2-4-14(5-3-13)23-15(25)10-24-6-8-27-9-7-24/h2-5,12,22H,6-11H2,1H3,(H,21,26)(H,23,25). The first-order valence-corrected chi connectivity index (χ1v) is 8.54. The molecule has 1 atom stereocenters. The van der Waals surface area contributed by atoms with Crippen LogP contribution in [0.4, 0.5) is 24.5 Å². The van der Waals surface area contributed by atoms with Gasteiger partial charge in [0.05, 0.1) is 19.8 Å². The predicted molar refractivity (Wildman–Crippen MR) is 94.5 cm³/mol. The lowest BCUT2D eigenvalue weighted by Gasteiger charge is -2.25. The number of hydrogen-bond acceptors (Lipinski definition) is 5. The fourth-order valence-corrected chi connectivity index (χ4v) is 2.47. The molecule has 0 aliphatic carbocycles. The van der Waals surface area contributed by atoms with Crippen molar-refractivity contribution in [3.63, 3.8) is 0 Å². The summed E-state index contributed by atoms with van der Waals surface area (Å²) in [5, 5.41) is 7.41. The molecule has 0 bridgehead atoms. The second-order valence-corrected chi connectivity index (χ2v) is 6.21. The molecule has 2 amide bonds. The Labute approximate surface area is 155 Å². The van der Waals surface area contributed by atoms with E-state index in [1.807, 2.05) is 10.2 Å². The fourth-order valence-electron chi connectivity index (χ4n) is 2.47. The normalized spacial score (nSPS) is 16.4. The van der Waals surface area contributed by atoms with E-state index < -0.39 is 24.7 Å². The van der Waals surface area contributed by atoms with E-state index >= 15 is 0 Å². The van der Waals surface area contributed by atoms with Crippen molar-refractivity contribution in [2.75, 3.05) is 50.0 Å². The molecule has 0 radical (unpaired) electrons. The highest BCUT2D eigenvalue weighted by Gasteiger charge is 2.28. The van der Waals surface area contributed by atoms with Gasteiger partial charge < -0.3 is 20.7 Å². The second kappa shape index (κ2) is 9.56. The minimum atomic E-state index is -4.45. The maximum absolute atomic E-state index is 12.1. The van der Waals surface area contributed by atoms with Crippen molar-refractivity contribution in [1.29, 1.82) is 0 Å². The first-order chi connectivity index (χ1) is 12.7. The lowest BCUT2D eigenvalue weighted by molar-refractivity contribution is -0.138. The molecule has 2 rings (SSSR count). The number of carbonyl (C=O) groups is 2. The first-order valence-electron chi connectivity index (χ1n) is 8.54. The molecular formula is C17H23F3N4O3. The summed E-state index contributed by atoms with van der Waals surface area (Å²) < 4.78 is 41.6. The monoisotopic (exact) mass is 388 g/mol. The number of anilines is 2. The van der Waals surface area contributed by atoms with Crippen molar-refractivity contribution < 1.29 is 27.5 Å². The van der Waals surface area contributed by atoms with E-state index in [2.05, 4.69) is 10.6 Å². The smallest absolute Gasteiger partial charge is 0.379 e. The fraction of sp³-hybridized carbons (Fsp3) is 0.529. The van der Waals surface area contributed by atoms with Gasteiger partial charge in [-0.3, -0.25) is 14.5 Å². The van der Waals surface area contributed by atoms with Crippen LogP contribution >= 0.6 is 0 Å². The van der Waals surface area contributed by atoms with Crippen LogP contribution in [0, 0.1) is 0 Å². The molecular weight excluding hydrogens is 365 g/mol. The quantitative estimate of drug-likeness (QED) is 0.659. The number of morpholine rings is 1. The summed E-state index contributed by atoms with van der Waals surface area (Å²) in [6.07, 6.45) is -4.45. The molecule has 1 heterocycles. The summed E-state index contributed by atoms with van der Waals surface area (Å²) in [5.41, 5.74) is 1.14. The minimum Gasteiger partial charge on any atom is -0.379 e. The van der Waals surface area contributed by atoms with E-state index in [4.69, 9.17) is 4.74 Å². The third-order valence-corrected chi connectivity index (χ3v) is 3.88. The molecule has 27 heavy (non-hydrogen) atoms. The number of nitrogens with zero attached hydrogens (tertiary/aromatic N) is 1. The Bertz CT molecular complexity index is 631. The maximum atomic E-state index is 12.1. The van der Waals surface area contributed by atoms with Gasteiger partial charge in [0.15, 0.2) is 0 Å². The summed E-state index contributed by atoms with van der Waals surface area (Å²) >= 11 is 0. The summed E-state index contributed by atoms with van der Waals surface area (Å²) in [5.74, 6) is -0.896. The highest BCUT2D eigenvalue weighted by molar-refractivity contribution is 5.92. The first kappa shape index (κ1) is 21.0. The van der Waals surface area contributed by atoms with Crippen LogP contribution in [0.15, 0.2) is 24.3 Å². The Balaban J connectivity index is 1.78. The molecule has 1 aromatic rings. The molecule has 10 heteroatoms. The zero-order valence-corrected chi connectivity index (χ0v) is 14.9. The zero-order chi connectivity index (χ0) is 19.9. The van der Waals surface area contributed by atoms with E-state index in [0.29, 0.717) is 37.7 Å². The number of ether oxygens (including phenoxy) is 1. The molecule has 1 aromatic carbocycles. The number of alkyl halides is 3. The number of amides is 2. The summed E-state index contributed by atoms with van der Waals surface area (Å²) in [7, 11) is 0. The van der Waals surface area contributed by atoms with Crippen molar-refractivity contribution in [3.8, 4) is 0 Å². The van der Waals surface area contributed by atoms with Crippen LogP contribution in [-0.4, -0.2) is 68.3 Å². The van der Waals surface area contributed by atoms with Crippen molar-refractivity contribution >= 4 is 23.2 Å². The zero-order valence-electron chi connectivity index (χ0n) is 14.9. The lowest BCUT2D eigenvalue weighted by atomic mass is 10.2. The largest absolute Gasteiger partial charge is 0.405 e. The minimum absolute atomic E-state index is 0.141. The number of hydrogen-bond donors (Lipinski definition) is 3. The van der Waals surface area contributed by atoms with Crippen molar-refractivity contribution in [2.24, 2.45) is 0 Å². The highest BCUT2D eigenvalue weighted by Crippen LogP contribution is 2.15. The molecule has 1 unspecified atom stereocenters. The third kappa shape index (κ3) is 7.83. The van der Waals surface area contributed by atoms with Crippen LogP contribution in [0.5, 0.6) is 0 Å². The second-order valence-electron chi connectivity index (χ2n) is 6.21. The van der Waals surface area contributed by atoms with Gasteiger partial charge in [-0.15, -0.1) is 0 Å². The van der Waals surface area contributed by atoms with Crippen LogP contribution in [0.2, 0.25) is 0 Å². The van der Waals surface area contributed by atoms with Gasteiger partial charge in [0.1, 0.15) is 12.6 Å². The van der Waals surface area contributed by atoms with Gasteiger partial charge in [-0.25, -0.2) is 0 Å². The van der Waals surface area contributed by atoms with Crippen LogP contribution in [0.25, 0.3) is 0 Å². The van der Waals surface area contributed by atoms with Gasteiger partial charge in [0.25, 0.3) is 0 Å². The van der Waals surface area contributed by atoms with E-state index in [9.17, 15) is 22.8 Å². The van der Waals surface area contributed by atoms with Crippen molar-refractivity contribution in [1.82, 2.24) is 10.2 Å². The van der Waals surface area contributed by atoms with E-state index in [1.54, 1.807) is 24.3 Å². The van der Waals surface area contributed by atoms with Crippen molar-refractivity contribution in [3.05, 3.63) is 24.3 Å². The van der Waals surface area contributed by atoms with Crippen LogP contribution in [0.1, 0.15) is 6.92 Å². The topological polar surface area (TPSA) is 82.7 Å². The Morgan fingerprint density at radius 3 is 2.33 bits per heavy atom. The molecule has 0 saturated carbocycles. The van der Waals surface area contributed by atoms with Gasteiger partial charge in [0.2, 0.25) is 11.8 Å². The number of halogens is 3. The lowest BCUT2D eigenvalue weighted by Crippen LogP contribution is -2.42. The molecule has 1 aliphatic rings. The number of rotatable bonds is 7. The average molecular weight is 388 g/mol. The molecule has 7 nitrogen and oxygen atoms in total. The summed E-state index contributed by atoms with van der Waals surface area (Å²) in [6.45, 7) is 3.02. The van der Waals surface area contributed by atoms with Gasteiger partial charge in [0, 0.05) is 24.5 Å². The van der Waals surface area contributed by atoms with E-state index in [0.717, 1.165) is 0 Å². The van der Waals surface area contributed by atoms with E-state index in [-0.39, 0.29) is 12.5 Å². The molecule has 1 fully saturated rings. The van der Waals surface area contributed by atoms with E-state index in [1.165, 1.54) is 6.92 Å². The number of carbonyl (C=O) groups excluding carboxylic acids is 2. The molecule has 0 aromatic heterocycles. The SMILES string of the molecule is CC(Nc1ccc(NC(=O)CN2CCOCC2)cc1)C(=O)NCC(F)(F)F. The molecule has 1 aliphatic heterocycles. The third-order valence-electron chi connectivity index (χ3n) is 3.88. The molecule has 1 saturated heterocycles. The number of benzene rings is 1. The summed E-state index contributed by atoms with van der Waals surface area (Å²) in [6, 6.07) is 5.74. The van der Waals surface area contributed by atoms with Crippen LogP contribution in [-0.2, 0) is 14.3 Å². The van der Waals surface area contributed by atoms with Crippen LogP contribution in [0.3, 0.4) is 0 Å². The highest BCUT2D eigenvalue weighted by atomic mass is 19.4. The van der Waals surface area contributed by atoms with Crippen molar-refractivity contribution in [2.45, 2.75) is 19.1 Å². The molecule has 3 N–H and O–H groups in total. The van der Waals surface area contributed by atoms with Gasteiger partial charge in [-0.2, -0.15) is 13.2 Å². The van der Waals surface area contributed by atoms with Crippen LogP contribution < -0.4 is 16.0 Å². The summed E-state index contributed by atoms with van der Waals surface area (Å²) in [4.78, 5) is 25.7. The Morgan fingerprint density at radius 2 is 1.74 bits per heavy atom. The Kier molecular flexibility index (Phi) is 7.43. The van der Waals surface area contributed by atoms with Gasteiger partial charge in [-0.05, 0) is 31.2 Å². The predicted octanol–water partition coefficient (Wildman–Crippen LogP) is 1.44. The molecule has 0 spiro atoms. The average Bonchev–Trinajstić information content (AvgIpc) is 2.61. The Hall–Kier alpha value is -2.33. The number of nitrogens with one attached hydrogen (secondary N) is 3. The molecule has 150 valence electrons. The van der Waals surface area contributed by atoms with Gasteiger partial charge in [-0.1, -0.05) is 0 Å².